The maximum absolute atomic E-state index is 13.3. The van der Waals surface area contributed by atoms with Gasteiger partial charge < -0.3 is 15.9 Å². The predicted molar refractivity (Wildman–Crippen MR) is 61.8 cm³/mol. The Balaban J connectivity index is 2.57. The van der Waals surface area contributed by atoms with Crippen molar-refractivity contribution in [3.63, 3.8) is 0 Å². The molecule has 1 aliphatic rings. The summed E-state index contributed by atoms with van der Waals surface area (Å²) in [5, 5.41) is 19.2. The third kappa shape index (κ3) is 1.68. The summed E-state index contributed by atoms with van der Waals surface area (Å²) < 4.78 is 13.4. The van der Waals surface area contributed by atoms with E-state index in [9.17, 15) is 14.6 Å². The van der Waals surface area contributed by atoms with Crippen molar-refractivity contribution in [2.24, 2.45) is 5.73 Å². The van der Waals surface area contributed by atoms with Crippen LogP contribution in [0.1, 0.15) is 31.2 Å². The summed E-state index contributed by atoms with van der Waals surface area (Å²) in [6, 6.07) is 1.45. The molecule has 0 radical (unpaired) electrons. The number of aromatic hydroxyl groups is 2. The van der Waals surface area contributed by atoms with Crippen molar-refractivity contribution in [1.29, 1.82) is 0 Å². The predicted octanol–water partition coefficient (Wildman–Crippen LogP) is 2.73. The molecular formula is C11H13BrFNO2. The van der Waals surface area contributed by atoms with Crippen molar-refractivity contribution >= 4 is 15.9 Å². The molecule has 0 unspecified atom stereocenters. The van der Waals surface area contributed by atoms with Gasteiger partial charge in [0.1, 0.15) is 0 Å². The highest BCUT2D eigenvalue weighted by Crippen LogP contribution is 2.46. The number of benzene rings is 1. The van der Waals surface area contributed by atoms with Crippen LogP contribution in [0.15, 0.2) is 10.5 Å². The van der Waals surface area contributed by atoms with E-state index < -0.39 is 22.9 Å². The first kappa shape index (κ1) is 11.7. The minimum absolute atomic E-state index is 0.120. The number of hydrogen-bond acceptors (Lipinski definition) is 3. The van der Waals surface area contributed by atoms with Crippen LogP contribution in [0.3, 0.4) is 0 Å². The molecule has 0 heterocycles. The van der Waals surface area contributed by atoms with Crippen LogP contribution in [0, 0.1) is 5.82 Å². The highest BCUT2D eigenvalue weighted by molar-refractivity contribution is 9.10. The maximum atomic E-state index is 13.3. The molecule has 0 aliphatic heterocycles. The zero-order chi connectivity index (χ0) is 11.9. The van der Waals surface area contributed by atoms with E-state index in [4.69, 9.17) is 5.73 Å². The zero-order valence-electron chi connectivity index (χ0n) is 8.63. The molecule has 1 saturated carbocycles. The van der Waals surface area contributed by atoms with Crippen LogP contribution < -0.4 is 5.73 Å². The van der Waals surface area contributed by atoms with Crippen LogP contribution in [0.5, 0.6) is 11.5 Å². The van der Waals surface area contributed by atoms with E-state index in [1.165, 1.54) is 6.07 Å². The molecule has 88 valence electrons. The maximum Gasteiger partial charge on any atom is 0.195 e. The smallest absolute Gasteiger partial charge is 0.195 e. The van der Waals surface area contributed by atoms with Gasteiger partial charge in [0.05, 0.1) is 4.47 Å². The monoisotopic (exact) mass is 289 g/mol. The summed E-state index contributed by atoms with van der Waals surface area (Å²) in [6.45, 7) is 0. The van der Waals surface area contributed by atoms with E-state index in [-0.39, 0.29) is 4.47 Å². The summed E-state index contributed by atoms with van der Waals surface area (Å²) in [6.07, 6.45) is 3.42. The van der Waals surface area contributed by atoms with Crippen LogP contribution in [0.25, 0.3) is 0 Å². The van der Waals surface area contributed by atoms with Crippen molar-refractivity contribution in [2.45, 2.75) is 31.2 Å². The van der Waals surface area contributed by atoms with E-state index in [1.807, 2.05) is 0 Å². The zero-order valence-corrected chi connectivity index (χ0v) is 10.2. The summed E-state index contributed by atoms with van der Waals surface area (Å²) >= 11 is 3.00. The van der Waals surface area contributed by atoms with Crippen molar-refractivity contribution in [1.82, 2.24) is 0 Å². The number of hydrogen-bond donors (Lipinski definition) is 3. The molecule has 0 spiro atoms. The lowest BCUT2D eigenvalue weighted by Crippen LogP contribution is -2.33. The molecule has 1 aromatic carbocycles. The van der Waals surface area contributed by atoms with Gasteiger partial charge in [0.2, 0.25) is 0 Å². The normalized spacial score (nSPS) is 18.9. The van der Waals surface area contributed by atoms with Gasteiger partial charge >= 0.3 is 0 Å². The Kier molecular flexibility index (Phi) is 2.84. The van der Waals surface area contributed by atoms with Crippen molar-refractivity contribution in [2.75, 3.05) is 0 Å². The van der Waals surface area contributed by atoms with E-state index in [0.29, 0.717) is 5.56 Å². The quantitative estimate of drug-likeness (QED) is 0.697. The number of halogens is 2. The molecule has 2 rings (SSSR count). The topological polar surface area (TPSA) is 66.5 Å². The molecule has 0 bridgehead atoms. The first-order valence-electron chi connectivity index (χ1n) is 5.15. The van der Waals surface area contributed by atoms with E-state index >= 15 is 0 Å². The lowest BCUT2D eigenvalue weighted by Gasteiger charge is -2.25. The SMILES string of the molecule is NC1(c2cc(Br)c(F)c(O)c2O)CCCC1. The van der Waals surface area contributed by atoms with E-state index in [0.717, 1.165) is 25.7 Å². The second-order valence-electron chi connectivity index (χ2n) is 4.28. The lowest BCUT2D eigenvalue weighted by atomic mass is 9.88. The molecule has 5 heteroatoms. The fraction of sp³-hybridized carbons (Fsp3) is 0.455. The Bertz CT molecular complexity index is 430. The molecule has 0 atom stereocenters. The van der Waals surface area contributed by atoms with Crippen molar-refractivity contribution in [3.8, 4) is 11.5 Å². The fourth-order valence-corrected chi connectivity index (χ4v) is 2.67. The third-order valence-corrected chi connectivity index (χ3v) is 3.78. The first-order valence-corrected chi connectivity index (χ1v) is 5.94. The second kappa shape index (κ2) is 3.89. The molecule has 4 N–H and O–H groups in total. The van der Waals surface area contributed by atoms with E-state index in [1.54, 1.807) is 0 Å². The fourth-order valence-electron chi connectivity index (χ4n) is 2.26. The van der Waals surface area contributed by atoms with Crippen molar-refractivity contribution in [3.05, 3.63) is 21.9 Å². The Labute approximate surface area is 101 Å². The van der Waals surface area contributed by atoms with Crippen LogP contribution in [-0.4, -0.2) is 10.2 Å². The van der Waals surface area contributed by atoms with Crippen molar-refractivity contribution < 1.29 is 14.6 Å². The van der Waals surface area contributed by atoms with Gasteiger partial charge in [0.15, 0.2) is 17.3 Å². The van der Waals surface area contributed by atoms with Gasteiger partial charge in [0, 0.05) is 11.1 Å². The van der Waals surface area contributed by atoms with Crippen LogP contribution in [0.2, 0.25) is 0 Å². The number of phenols is 2. The Morgan fingerprint density at radius 1 is 1.25 bits per heavy atom. The van der Waals surface area contributed by atoms with Crippen LogP contribution >= 0.6 is 15.9 Å². The van der Waals surface area contributed by atoms with Crippen LogP contribution in [-0.2, 0) is 5.54 Å². The highest BCUT2D eigenvalue weighted by atomic mass is 79.9. The molecule has 1 fully saturated rings. The van der Waals surface area contributed by atoms with Gasteiger partial charge in [-0.05, 0) is 34.8 Å². The number of rotatable bonds is 1. The summed E-state index contributed by atoms with van der Waals surface area (Å²) in [7, 11) is 0. The molecule has 1 aliphatic carbocycles. The number of phenolic OH excluding ortho intramolecular Hbond substituents is 2. The molecule has 0 aromatic heterocycles. The van der Waals surface area contributed by atoms with Gasteiger partial charge in [-0.15, -0.1) is 0 Å². The molecule has 16 heavy (non-hydrogen) atoms. The largest absolute Gasteiger partial charge is 0.504 e. The van der Waals surface area contributed by atoms with Crippen LogP contribution in [0.4, 0.5) is 4.39 Å². The average molecular weight is 290 g/mol. The van der Waals surface area contributed by atoms with Gasteiger partial charge in [-0.1, -0.05) is 12.8 Å². The first-order chi connectivity index (χ1) is 7.46. The lowest BCUT2D eigenvalue weighted by molar-refractivity contribution is 0.355. The summed E-state index contributed by atoms with van der Waals surface area (Å²) in [4.78, 5) is 0. The van der Waals surface area contributed by atoms with Gasteiger partial charge in [-0.25, -0.2) is 4.39 Å². The Morgan fingerprint density at radius 3 is 2.38 bits per heavy atom. The molecule has 3 nitrogen and oxygen atoms in total. The third-order valence-electron chi connectivity index (χ3n) is 3.20. The molecule has 0 amide bonds. The molecule has 0 saturated heterocycles. The van der Waals surface area contributed by atoms with Gasteiger partial charge in [-0.2, -0.15) is 0 Å². The minimum Gasteiger partial charge on any atom is -0.504 e. The Morgan fingerprint density at radius 2 is 1.81 bits per heavy atom. The Hall–Kier alpha value is -0.810. The van der Waals surface area contributed by atoms with Gasteiger partial charge in [0.25, 0.3) is 0 Å². The average Bonchev–Trinajstić information content (AvgIpc) is 2.68. The summed E-state index contributed by atoms with van der Waals surface area (Å²) in [5.74, 6) is -2.03. The van der Waals surface area contributed by atoms with E-state index in [2.05, 4.69) is 15.9 Å². The summed E-state index contributed by atoms with van der Waals surface area (Å²) in [5.41, 5.74) is 5.91. The molecular weight excluding hydrogens is 277 g/mol. The van der Waals surface area contributed by atoms with Gasteiger partial charge in [-0.3, -0.25) is 0 Å². The second-order valence-corrected chi connectivity index (χ2v) is 5.13. The molecule has 1 aromatic rings. The highest BCUT2D eigenvalue weighted by Gasteiger charge is 2.35. The standard InChI is InChI=1S/C11H13BrFNO2/c12-7-5-6(9(15)10(16)8(7)13)11(14)3-1-2-4-11/h5,15-16H,1-4,14H2. The number of nitrogens with two attached hydrogens (primary N) is 1. The minimum atomic E-state index is -0.858.